The van der Waals surface area contributed by atoms with Crippen molar-refractivity contribution in [2.45, 2.75) is 38.5 Å². The van der Waals surface area contributed by atoms with E-state index in [-0.39, 0.29) is 40.2 Å². The van der Waals surface area contributed by atoms with Crippen LogP contribution in [0.15, 0.2) is 42.5 Å². The lowest BCUT2D eigenvalue weighted by atomic mass is 9.91. The fourth-order valence-corrected chi connectivity index (χ4v) is 5.12. The molecule has 1 unspecified atom stereocenters. The van der Waals surface area contributed by atoms with Crippen LogP contribution in [0.2, 0.25) is 5.02 Å². The Kier molecular flexibility index (Phi) is 6.84. The van der Waals surface area contributed by atoms with Gasteiger partial charge < -0.3 is 15.7 Å². The van der Waals surface area contributed by atoms with Gasteiger partial charge in [-0.05, 0) is 67.3 Å². The lowest BCUT2D eigenvalue weighted by Crippen LogP contribution is -2.31. The van der Waals surface area contributed by atoms with E-state index in [0.717, 1.165) is 0 Å². The third-order valence-corrected chi connectivity index (χ3v) is 7.03. The van der Waals surface area contributed by atoms with Crippen molar-refractivity contribution in [2.24, 2.45) is 5.73 Å². The van der Waals surface area contributed by atoms with Gasteiger partial charge in [-0.3, -0.25) is 4.79 Å². The van der Waals surface area contributed by atoms with Gasteiger partial charge in [0, 0.05) is 30.3 Å². The van der Waals surface area contributed by atoms with Crippen LogP contribution in [0.3, 0.4) is 0 Å². The summed E-state index contributed by atoms with van der Waals surface area (Å²) < 4.78 is 31.9. The van der Waals surface area contributed by atoms with Crippen molar-refractivity contribution < 1.29 is 18.7 Å². The average Bonchev–Trinajstić information content (AvgIpc) is 3.50. The number of carbonyl (C=O) groups excluding carboxylic acids is 1. The maximum atomic E-state index is 15.9. The van der Waals surface area contributed by atoms with Crippen molar-refractivity contribution in [2.75, 3.05) is 13.1 Å². The molecule has 2 heterocycles. The van der Waals surface area contributed by atoms with E-state index in [1.54, 1.807) is 43.0 Å². The van der Waals surface area contributed by atoms with Crippen LogP contribution in [0.4, 0.5) is 8.78 Å². The highest BCUT2D eigenvalue weighted by molar-refractivity contribution is 6.35. The summed E-state index contributed by atoms with van der Waals surface area (Å²) in [6.07, 6.45) is 0.690. The molecule has 5 rings (SSSR count). The fraction of sp³-hybridized carbons (Fsp3) is 0.286. The number of carbonyl (C=O) groups is 1. The molecular formula is C28H25ClF2N6O2. The van der Waals surface area contributed by atoms with Crippen LogP contribution in [-0.4, -0.2) is 55.6 Å². The highest BCUT2D eigenvalue weighted by Gasteiger charge is 2.27. The Hall–Kier alpha value is -3.91. The van der Waals surface area contributed by atoms with Crippen molar-refractivity contribution in [1.82, 2.24) is 19.9 Å². The molecule has 39 heavy (non-hydrogen) atoms. The SMILES string of the molecule is CC(C)(O)Cn1nnc2cc(-c3ccc(C(=O)N4CCC(N)C4)cc3-c3ccc(C#N)c(F)c3)c(F)c(Cl)c21. The summed E-state index contributed by atoms with van der Waals surface area (Å²) in [5.41, 5.74) is 6.66. The largest absolute Gasteiger partial charge is 0.389 e. The Labute approximate surface area is 228 Å². The quantitative estimate of drug-likeness (QED) is 0.377. The van der Waals surface area contributed by atoms with Crippen molar-refractivity contribution >= 4 is 28.5 Å². The van der Waals surface area contributed by atoms with Gasteiger partial charge in [0.25, 0.3) is 5.91 Å². The highest BCUT2D eigenvalue weighted by Crippen LogP contribution is 2.40. The molecule has 4 aromatic rings. The van der Waals surface area contributed by atoms with Gasteiger partial charge in [0.05, 0.1) is 17.7 Å². The molecule has 11 heteroatoms. The van der Waals surface area contributed by atoms with Crippen molar-refractivity contribution in [1.29, 1.82) is 5.26 Å². The number of nitrogens with two attached hydrogens (primary N) is 1. The zero-order chi connectivity index (χ0) is 28.1. The summed E-state index contributed by atoms with van der Waals surface area (Å²) in [5, 5.41) is 27.3. The number of hydrogen-bond acceptors (Lipinski definition) is 6. The first-order valence-electron chi connectivity index (χ1n) is 12.3. The third kappa shape index (κ3) is 5.08. The zero-order valence-electron chi connectivity index (χ0n) is 21.3. The van der Waals surface area contributed by atoms with Gasteiger partial charge in [-0.2, -0.15) is 5.26 Å². The lowest BCUT2D eigenvalue weighted by Gasteiger charge is -2.19. The average molecular weight is 551 g/mol. The second-order valence-electron chi connectivity index (χ2n) is 10.3. The topological polar surface area (TPSA) is 121 Å². The summed E-state index contributed by atoms with van der Waals surface area (Å²) in [4.78, 5) is 14.9. The molecule has 200 valence electrons. The summed E-state index contributed by atoms with van der Waals surface area (Å²) >= 11 is 6.47. The van der Waals surface area contributed by atoms with E-state index in [4.69, 9.17) is 22.6 Å². The Morgan fingerprint density at radius 3 is 2.62 bits per heavy atom. The number of fused-ring (bicyclic) bond motifs is 1. The van der Waals surface area contributed by atoms with E-state index in [1.165, 1.54) is 28.9 Å². The molecule has 1 aromatic heterocycles. The number of nitrogens with zero attached hydrogens (tertiary/aromatic N) is 5. The highest BCUT2D eigenvalue weighted by atomic mass is 35.5. The number of nitriles is 1. The monoisotopic (exact) mass is 550 g/mol. The molecule has 0 spiro atoms. The second kappa shape index (κ2) is 10.0. The number of aliphatic hydroxyl groups is 1. The molecule has 1 fully saturated rings. The molecule has 0 saturated carbocycles. The molecule has 1 amide bonds. The summed E-state index contributed by atoms with van der Waals surface area (Å²) in [5.74, 6) is -1.75. The Bertz CT molecular complexity index is 1660. The van der Waals surface area contributed by atoms with Crippen LogP contribution < -0.4 is 5.73 Å². The van der Waals surface area contributed by atoms with Gasteiger partial charge >= 0.3 is 0 Å². The maximum Gasteiger partial charge on any atom is 0.253 e. The van der Waals surface area contributed by atoms with Crippen molar-refractivity contribution in [3.8, 4) is 28.3 Å². The standard InChI is InChI=1S/C28H25ClF2N6O2/c1-28(2,39)14-37-26-23(34-35-37)11-21(25(31)24(26)29)19-6-5-16(27(38)36-8-7-18(33)13-36)9-20(19)15-3-4-17(12-32)22(30)10-15/h3-6,9-11,18,39H,7-8,13-14,33H2,1-2H3. The molecule has 1 aliphatic heterocycles. The number of hydrogen-bond donors (Lipinski definition) is 2. The van der Waals surface area contributed by atoms with Crippen LogP contribution in [0, 0.1) is 23.0 Å². The molecule has 3 N–H and O–H groups in total. The minimum absolute atomic E-state index is 0.0364. The second-order valence-corrected chi connectivity index (χ2v) is 10.7. The Morgan fingerprint density at radius 1 is 1.21 bits per heavy atom. The number of rotatable bonds is 5. The van der Waals surface area contributed by atoms with E-state index in [9.17, 15) is 14.3 Å². The number of aromatic nitrogens is 3. The molecule has 1 atom stereocenters. The van der Waals surface area contributed by atoms with Crippen LogP contribution in [0.25, 0.3) is 33.3 Å². The number of benzene rings is 3. The molecule has 0 radical (unpaired) electrons. The van der Waals surface area contributed by atoms with E-state index >= 15 is 4.39 Å². The zero-order valence-corrected chi connectivity index (χ0v) is 22.0. The van der Waals surface area contributed by atoms with Gasteiger partial charge in [-0.15, -0.1) is 5.10 Å². The molecule has 8 nitrogen and oxygen atoms in total. The van der Waals surface area contributed by atoms with Gasteiger partial charge in [-0.1, -0.05) is 28.9 Å². The van der Waals surface area contributed by atoms with Gasteiger partial charge in [0.2, 0.25) is 0 Å². The fourth-order valence-electron chi connectivity index (χ4n) is 4.82. The Morgan fingerprint density at radius 2 is 1.97 bits per heavy atom. The molecular weight excluding hydrogens is 526 g/mol. The van der Waals surface area contributed by atoms with Gasteiger partial charge in [0.1, 0.15) is 27.9 Å². The number of halogens is 3. The summed E-state index contributed by atoms with van der Waals surface area (Å²) in [6.45, 7) is 4.14. The van der Waals surface area contributed by atoms with Crippen LogP contribution >= 0.6 is 11.6 Å². The number of amides is 1. The van der Waals surface area contributed by atoms with E-state index in [2.05, 4.69) is 10.3 Å². The molecule has 1 saturated heterocycles. The van der Waals surface area contributed by atoms with E-state index in [0.29, 0.717) is 47.3 Å². The smallest absolute Gasteiger partial charge is 0.253 e. The maximum absolute atomic E-state index is 15.9. The third-order valence-electron chi connectivity index (χ3n) is 6.69. The molecule has 0 bridgehead atoms. The summed E-state index contributed by atoms with van der Waals surface area (Å²) in [6, 6.07) is 11.9. The lowest BCUT2D eigenvalue weighted by molar-refractivity contribution is 0.0585. The summed E-state index contributed by atoms with van der Waals surface area (Å²) in [7, 11) is 0. The first kappa shape index (κ1) is 26.7. The van der Waals surface area contributed by atoms with Crippen molar-refractivity contribution in [3.05, 3.63) is 70.2 Å². The molecule has 3 aromatic carbocycles. The van der Waals surface area contributed by atoms with Crippen LogP contribution in [-0.2, 0) is 6.54 Å². The predicted octanol–water partition coefficient (Wildman–Crippen LogP) is 4.51. The first-order valence-corrected chi connectivity index (χ1v) is 12.7. The normalized spacial score (nSPS) is 15.6. The van der Waals surface area contributed by atoms with Gasteiger partial charge in [0.15, 0.2) is 5.82 Å². The minimum atomic E-state index is -1.15. The minimum Gasteiger partial charge on any atom is -0.389 e. The first-order chi connectivity index (χ1) is 18.5. The van der Waals surface area contributed by atoms with Crippen molar-refractivity contribution in [3.63, 3.8) is 0 Å². The Balaban J connectivity index is 1.69. The number of likely N-dealkylation sites (tertiary alicyclic amines) is 1. The molecule has 1 aliphatic rings. The van der Waals surface area contributed by atoms with Crippen LogP contribution in [0.1, 0.15) is 36.2 Å². The van der Waals surface area contributed by atoms with Crippen LogP contribution in [0.5, 0.6) is 0 Å². The molecule has 0 aliphatic carbocycles. The van der Waals surface area contributed by atoms with Gasteiger partial charge in [-0.25, -0.2) is 13.5 Å². The predicted molar refractivity (Wildman–Crippen MR) is 143 cm³/mol. The van der Waals surface area contributed by atoms with E-state index < -0.39 is 17.2 Å². The van der Waals surface area contributed by atoms with E-state index in [1.807, 2.05) is 0 Å².